The molecule has 0 aliphatic heterocycles. The SMILES string of the molecule is CCCn1cc(C2(O)CC3CC2C2CCCC32)cn1. The van der Waals surface area contributed by atoms with Crippen LogP contribution in [0.15, 0.2) is 12.4 Å². The van der Waals surface area contributed by atoms with Crippen molar-refractivity contribution in [2.24, 2.45) is 23.7 Å². The maximum absolute atomic E-state index is 11.2. The van der Waals surface area contributed by atoms with Gasteiger partial charge >= 0.3 is 0 Å². The average Bonchev–Trinajstić information content (AvgIpc) is 3.08. The molecule has 5 atom stereocenters. The predicted molar refractivity (Wildman–Crippen MR) is 73.5 cm³/mol. The Kier molecular flexibility index (Phi) is 2.57. The number of nitrogens with zero attached hydrogens (tertiary/aromatic N) is 2. The van der Waals surface area contributed by atoms with E-state index in [1.807, 2.05) is 10.9 Å². The fourth-order valence-electron chi connectivity index (χ4n) is 5.38. The molecule has 3 saturated carbocycles. The van der Waals surface area contributed by atoms with Crippen LogP contribution in [-0.4, -0.2) is 14.9 Å². The molecule has 0 saturated heterocycles. The van der Waals surface area contributed by atoms with Gasteiger partial charge in [0.25, 0.3) is 0 Å². The molecule has 1 heterocycles. The summed E-state index contributed by atoms with van der Waals surface area (Å²) in [5.41, 5.74) is 0.515. The van der Waals surface area contributed by atoms with Crippen LogP contribution in [0.3, 0.4) is 0 Å². The second-order valence-electron chi connectivity index (χ2n) is 6.98. The van der Waals surface area contributed by atoms with Crippen molar-refractivity contribution < 1.29 is 5.11 Å². The van der Waals surface area contributed by atoms with E-state index >= 15 is 0 Å². The summed E-state index contributed by atoms with van der Waals surface area (Å²) in [7, 11) is 0. The zero-order chi connectivity index (χ0) is 13.0. The summed E-state index contributed by atoms with van der Waals surface area (Å²) < 4.78 is 1.99. The fraction of sp³-hybridized carbons (Fsp3) is 0.812. The third-order valence-electron chi connectivity index (χ3n) is 6.08. The van der Waals surface area contributed by atoms with Gasteiger partial charge in [0.15, 0.2) is 0 Å². The minimum atomic E-state index is -0.567. The van der Waals surface area contributed by atoms with Crippen molar-refractivity contribution in [3.05, 3.63) is 18.0 Å². The van der Waals surface area contributed by atoms with Crippen LogP contribution in [0.4, 0.5) is 0 Å². The van der Waals surface area contributed by atoms with Crippen molar-refractivity contribution in [3.8, 4) is 0 Å². The lowest BCUT2D eigenvalue weighted by atomic mass is 9.71. The molecule has 1 N–H and O–H groups in total. The third-order valence-corrected chi connectivity index (χ3v) is 6.08. The summed E-state index contributed by atoms with van der Waals surface area (Å²) in [4.78, 5) is 0. The van der Waals surface area contributed by atoms with E-state index in [0.717, 1.165) is 42.7 Å². The number of hydrogen-bond acceptors (Lipinski definition) is 2. The number of aryl methyl sites for hydroxylation is 1. The van der Waals surface area contributed by atoms with Crippen LogP contribution in [0.1, 0.15) is 51.0 Å². The van der Waals surface area contributed by atoms with Crippen molar-refractivity contribution >= 4 is 0 Å². The molecule has 0 amide bonds. The number of aliphatic hydroxyl groups is 1. The standard InChI is InChI=1S/C16H24N2O/c1-2-6-18-10-12(9-17-18)16(19)8-11-7-15(16)14-5-3-4-13(11)14/h9-11,13-15,19H,2-8H2,1H3. The predicted octanol–water partition coefficient (Wildman–Crippen LogP) is 2.94. The lowest BCUT2D eigenvalue weighted by Gasteiger charge is -2.38. The van der Waals surface area contributed by atoms with Crippen molar-refractivity contribution in [2.75, 3.05) is 0 Å². The summed E-state index contributed by atoms with van der Waals surface area (Å²) in [5.74, 6) is 3.00. The van der Waals surface area contributed by atoms with Gasteiger partial charge in [0.05, 0.1) is 11.8 Å². The molecule has 1 aromatic heterocycles. The molecule has 1 aromatic rings. The first kappa shape index (κ1) is 12.0. The summed E-state index contributed by atoms with van der Waals surface area (Å²) in [5, 5.41) is 15.6. The molecule has 0 aromatic carbocycles. The van der Waals surface area contributed by atoms with Crippen LogP contribution in [0, 0.1) is 23.7 Å². The van der Waals surface area contributed by atoms with E-state index in [0.29, 0.717) is 5.92 Å². The van der Waals surface area contributed by atoms with E-state index < -0.39 is 5.60 Å². The molecule has 0 spiro atoms. The van der Waals surface area contributed by atoms with Gasteiger partial charge in [-0.3, -0.25) is 4.68 Å². The molecule has 5 unspecified atom stereocenters. The van der Waals surface area contributed by atoms with E-state index in [9.17, 15) is 5.11 Å². The first-order chi connectivity index (χ1) is 9.22. The van der Waals surface area contributed by atoms with Gasteiger partial charge in [-0.25, -0.2) is 0 Å². The first-order valence-corrected chi connectivity index (χ1v) is 7.97. The summed E-state index contributed by atoms with van der Waals surface area (Å²) in [6.45, 7) is 3.12. The number of aromatic nitrogens is 2. The molecular weight excluding hydrogens is 236 g/mol. The Bertz CT molecular complexity index is 483. The summed E-state index contributed by atoms with van der Waals surface area (Å²) in [6.07, 6.45) is 11.5. The van der Waals surface area contributed by atoms with E-state index in [-0.39, 0.29) is 0 Å². The maximum atomic E-state index is 11.2. The van der Waals surface area contributed by atoms with Crippen molar-refractivity contribution in [2.45, 2.75) is 57.6 Å². The smallest absolute Gasteiger partial charge is 0.0960 e. The highest BCUT2D eigenvalue weighted by molar-refractivity contribution is 5.24. The molecule has 3 aliphatic rings. The second kappa shape index (κ2) is 4.08. The first-order valence-electron chi connectivity index (χ1n) is 7.97. The highest BCUT2D eigenvalue weighted by atomic mass is 16.3. The molecule has 104 valence electrons. The van der Waals surface area contributed by atoms with Crippen molar-refractivity contribution in [1.29, 1.82) is 0 Å². The third kappa shape index (κ3) is 1.57. The Labute approximate surface area is 115 Å². The van der Waals surface area contributed by atoms with Gasteiger partial charge in [0.2, 0.25) is 0 Å². The molecule has 19 heavy (non-hydrogen) atoms. The lowest BCUT2D eigenvalue weighted by Crippen LogP contribution is -2.38. The molecular formula is C16H24N2O. The van der Waals surface area contributed by atoms with Gasteiger partial charge in [-0.1, -0.05) is 13.3 Å². The monoisotopic (exact) mass is 260 g/mol. The number of fused-ring (bicyclic) bond motifs is 5. The average molecular weight is 260 g/mol. The molecule has 2 bridgehead atoms. The number of hydrogen-bond donors (Lipinski definition) is 1. The van der Waals surface area contributed by atoms with Gasteiger partial charge in [0.1, 0.15) is 0 Å². The Hall–Kier alpha value is -0.830. The van der Waals surface area contributed by atoms with Gasteiger partial charge < -0.3 is 5.11 Å². The topological polar surface area (TPSA) is 38.0 Å². The Morgan fingerprint density at radius 2 is 2.26 bits per heavy atom. The lowest BCUT2D eigenvalue weighted by molar-refractivity contribution is -0.0513. The van der Waals surface area contributed by atoms with Crippen LogP contribution in [0.5, 0.6) is 0 Å². The second-order valence-corrected chi connectivity index (χ2v) is 6.98. The Balaban J connectivity index is 1.63. The van der Waals surface area contributed by atoms with Gasteiger partial charge in [-0.15, -0.1) is 0 Å². The molecule has 3 nitrogen and oxygen atoms in total. The minimum Gasteiger partial charge on any atom is -0.385 e. The molecule has 0 radical (unpaired) electrons. The van der Waals surface area contributed by atoms with E-state index in [1.165, 1.54) is 25.7 Å². The van der Waals surface area contributed by atoms with Crippen molar-refractivity contribution in [1.82, 2.24) is 9.78 Å². The van der Waals surface area contributed by atoms with E-state index in [2.05, 4.69) is 18.2 Å². The molecule has 3 aliphatic carbocycles. The Morgan fingerprint density at radius 1 is 1.42 bits per heavy atom. The maximum Gasteiger partial charge on any atom is 0.0960 e. The largest absolute Gasteiger partial charge is 0.385 e. The van der Waals surface area contributed by atoms with Crippen LogP contribution in [0.25, 0.3) is 0 Å². The van der Waals surface area contributed by atoms with Gasteiger partial charge in [-0.05, 0) is 55.8 Å². The van der Waals surface area contributed by atoms with Crippen molar-refractivity contribution in [3.63, 3.8) is 0 Å². The number of rotatable bonds is 3. The fourth-order valence-corrected chi connectivity index (χ4v) is 5.38. The van der Waals surface area contributed by atoms with E-state index in [4.69, 9.17) is 0 Å². The molecule has 4 rings (SSSR count). The highest BCUT2D eigenvalue weighted by Crippen LogP contribution is 2.65. The minimum absolute atomic E-state index is 0.504. The quantitative estimate of drug-likeness (QED) is 0.907. The normalized spacial score (nSPS) is 43.9. The van der Waals surface area contributed by atoms with Crippen LogP contribution < -0.4 is 0 Å². The van der Waals surface area contributed by atoms with Gasteiger partial charge in [0, 0.05) is 18.3 Å². The summed E-state index contributed by atoms with van der Waals surface area (Å²) >= 11 is 0. The summed E-state index contributed by atoms with van der Waals surface area (Å²) in [6, 6.07) is 0. The molecule has 3 fully saturated rings. The van der Waals surface area contributed by atoms with E-state index in [1.54, 1.807) is 0 Å². The van der Waals surface area contributed by atoms with Crippen LogP contribution in [0.2, 0.25) is 0 Å². The highest BCUT2D eigenvalue weighted by Gasteiger charge is 2.61. The molecule has 3 heteroatoms. The van der Waals surface area contributed by atoms with Crippen LogP contribution in [-0.2, 0) is 12.1 Å². The van der Waals surface area contributed by atoms with Gasteiger partial charge in [-0.2, -0.15) is 5.10 Å². The zero-order valence-corrected chi connectivity index (χ0v) is 11.8. The van der Waals surface area contributed by atoms with Crippen LogP contribution >= 0.6 is 0 Å². The zero-order valence-electron chi connectivity index (χ0n) is 11.8. The Morgan fingerprint density at radius 3 is 3.11 bits per heavy atom.